The van der Waals surface area contributed by atoms with Gasteiger partial charge >= 0.3 is 0 Å². The van der Waals surface area contributed by atoms with Gasteiger partial charge < -0.3 is 9.64 Å². The lowest BCUT2D eigenvalue weighted by Gasteiger charge is -2.35. The van der Waals surface area contributed by atoms with Crippen molar-refractivity contribution in [3.8, 4) is 5.88 Å². The molecule has 0 radical (unpaired) electrons. The first-order valence-electron chi connectivity index (χ1n) is 7.39. The van der Waals surface area contributed by atoms with Crippen molar-refractivity contribution in [2.75, 3.05) is 7.11 Å². The zero-order valence-corrected chi connectivity index (χ0v) is 12.3. The molecule has 0 N–H and O–H groups in total. The fourth-order valence-corrected chi connectivity index (χ4v) is 3.51. The molecular weight excluding hydrogens is 280 g/mol. The number of hydrogen-bond donors (Lipinski definition) is 0. The van der Waals surface area contributed by atoms with E-state index in [4.69, 9.17) is 4.74 Å². The molecule has 6 heteroatoms. The number of methoxy groups -OCH3 is 1. The summed E-state index contributed by atoms with van der Waals surface area (Å²) in [5.41, 5.74) is 2.77. The van der Waals surface area contributed by atoms with Crippen LogP contribution in [0.3, 0.4) is 0 Å². The highest BCUT2D eigenvalue weighted by molar-refractivity contribution is 5.94. The quantitative estimate of drug-likeness (QED) is 0.845. The Hall–Kier alpha value is -2.50. The summed E-state index contributed by atoms with van der Waals surface area (Å²) in [7, 11) is 1.56. The van der Waals surface area contributed by atoms with E-state index in [1.54, 1.807) is 31.8 Å². The van der Waals surface area contributed by atoms with Gasteiger partial charge in [-0.1, -0.05) is 0 Å². The fourth-order valence-electron chi connectivity index (χ4n) is 3.51. The zero-order valence-electron chi connectivity index (χ0n) is 12.3. The lowest BCUT2D eigenvalue weighted by molar-refractivity contribution is 0.0643. The minimum absolute atomic E-state index is 0.0251. The van der Waals surface area contributed by atoms with E-state index in [-0.39, 0.29) is 18.0 Å². The van der Waals surface area contributed by atoms with Crippen LogP contribution in [0.2, 0.25) is 0 Å². The van der Waals surface area contributed by atoms with Gasteiger partial charge in [-0.25, -0.2) is 15.0 Å². The van der Waals surface area contributed by atoms with Gasteiger partial charge in [0.2, 0.25) is 5.88 Å². The highest BCUT2D eigenvalue weighted by Gasteiger charge is 2.43. The number of fused-ring (bicyclic) bond motifs is 4. The molecule has 1 fully saturated rings. The number of aromatic nitrogens is 3. The smallest absolute Gasteiger partial charge is 0.256 e. The summed E-state index contributed by atoms with van der Waals surface area (Å²) in [5.74, 6) is 0.536. The van der Waals surface area contributed by atoms with Crippen LogP contribution in [-0.4, -0.2) is 38.9 Å². The van der Waals surface area contributed by atoms with Gasteiger partial charge in [-0.05, 0) is 18.9 Å². The Labute approximate surface area is 128 Å². The van der Waals surface area contributed by atoms with E-state index >= 15 is 0 Å². The number of ether oxygens (including phenoxy) is 1. The molecule has 4 heterocycles. The molecule has 0 aliphatic carbocycles. The number of nitrogens with zero attached hydrogens (tertiary/aromatic N) is 4. The van der Waals surface area contributed by atoms with Gasteiger partial charge in [0.15, 0.2) is 0 Å². The number of amides is 1. The van der Waals surface area contributed by atoms with Crippen LogP contribution in [0.1, 0.15) is 40.5 Å². The summed E-state index contributed by atoms with van der Waals surface area (Å²) in [4.78, 5) is 27.5. The van der Waals surface area contributed by atoms with Crippen LogP contribution in [-0.2, 0) is 6.42 Å². The second-order valence-electron chi connectivity index (χ2n) is 5.68. The summed E-state index contributed by atoms with van der Waals surface area (Å²) in [6.45, 7) is 0. The maximum absolute atomic E-state index is 12.9. The Morgan fingerprint density at radius 1 is 1.27 bits per heavy atom. The minimum atomic E-state index is 0.0251. The molecule has 6 nitrogen and oxygen atoms in total. The normalized spacial score (nSPS) is 22.3. The number of pyridine rings is 1. The Morgan fingerprint density at radius 2 is 2.18 bits per heavy atom. The van der Waals surface area contributed by atoms with Crippen molar-refractivity contribution in [3.05, 3.63) is 47.7 Å². The molecule has 2 aromatic rings. The van der Waals surface area contributed by atoms with Gasteiger partial charge in [-0.3, -0.25) is 4.79 Å². The summed E-state index contributed by atoms with van der Waals surface area (Å²) < 4.78 is 5.04. The first-order valence-corrected chi connectivity index (χ1v) is 7.39. The van der Waals surface area contributed by atoms with E-state index in [0.717, 1.165) is 30.5 Å². The maximum Gasteiger partial charge on any atom is 0.256 e. The van der Waals surface area contributed by atoms with Gasteiger partial charge in [-0.15, -0.1) is 0 Å². The van der Waals surface area contributed by atoms with Crippen molar-refractivity contribution in [1.29, 1.82) is 0 Å². The van der Waals surface area contributed by atoms with Crippen molar-refractivity contribution < 1.29 is 9.53 Å². The lowest BCUT2D eigenvalue weighted by atomic mass is 9.98. The molecular formula is C16H16N4O2. The third-order valence-corrected chi connectivity index (χ3v) is 4.54. The van der Waals surface area contributed by atoms with E-state index in [1.807, 2.05) is 11.1 Å². The predicted octanol–water partition coefficient (Wildman–Crippen LogP) is 1.78. The molecule has 0 unspecified atom stereocenters. The Morgan fingerprint density at radius 3 is 2.95 bits per heavy atom. The number of rotatable bonds is 2. The Kier molecular flexibility index (Phi) is 3.03. The third-order valence-electron chi connectivity index (χ3n) is 4.54. The molecule has 0 saturated carbocycles. The molecule has 0 spiro atoms. The van der Waals surface area contributed by atoms with Crippen molar-refractivity contribution in [3.63, 3.8) is 0 Å². The molecule has 0 aromatic carbocycles. The predicted molar refractivity (Wildman–Crippen MR) is 78.5 cm³/mol. The van der Waals surface area contributed by atoms with Crippen LogP contribution in [0.25, 0.3) is 0 Å². The zero-order chi connectivity index (χ0) is 15.1. The average Bonchev–Trinajstić information content (AvgIpc) is 2.89. The fraction of sp³-hybridized carbons (Fsp3) is 0.375. The third kappa shape index (κ3) is 1.94. The molecule has 2 aromatic heterocycles. The van der Waals surface area contributed by atoms with Gasteiger partial charge in [0.25, 0.3) is 5.91 Å². The highest BCUT2D eigenvalue weighted by Crippen LogP contribution is 2.43. The van der Waals surface area contributed by atoms with Crippen LogP contribution >= 0.6 is 0 Å². The summed E-state index contributed by atoms with van der Waals surface area (Å²) >= 11 is 0. The molecule has 112 valence electrons. The number of hydrogen-bond acceptors (Lipinski definition) is 5. The summed E-state index contributed by atoms with van der Waals surface area (Å²) in [6.07, 6.45) is 7.81. The second-order valence-corrected chi connectivity index (χ2v) is 5.68. The van der Waals surface area contributed by atoms with Gasteiger partial charge in [0.1, 0.15) is 6.33 Å². The molecule has 2 bridgehead atoms. The topological polar surface area (TPSA) is 68.2 Å². The van der Waals surface area contributed by atoms with Crippen LogP contribution in [0, 0.1) is 0 Å². The SMILES string of the molecule is COc1ccc(C(=O)N2[C@H]3CC[C@H]2c2cncnc2C3)cn1. The summed E-state index contributed by atoms with van der Waals surface area (Å²) in [5, 5.41) is 0. The van der Waals surface area contributed by atoms with Crippen LogP contribution in [0.15, 0.2) is 30.9 Å². The largest absolute Gasteiger partial charge is 0.481 e. The van der Waals surface area contributed by atoms with Gasteiger partial charge in [-0.2, -0.15) is 0 Å². The first kappa shape index (κ1) is 13.2. The maximum atomic E-state index is 12.9. The Bertz CT molecular complexity index is 716. The Balaban J connectivity index is 1.67. The monoisotopic (exact) mass is 296 g/mol. The number of carbonyl (C=O) groups is 1. The molecule has 22 heavy (non-hydrogen) atoms. The van der Waals surface area contributed by atoms with Gasteiger partial charge in [0.05, 0.1) is 24.4 Å². The molecule has 2 aliphatic heterocycles. The molecule has 1 saturated heterocycles. The molecule has 4 rings (SSSR count). The van der Waals surface area contributed by atoms with E-state index in [0.29, 0.717) is 11.4 Å². The minimum Gasteiger partial charge on any atom is -0.481 e. The highest BCUT2D eigenvalue weighted by atomic mass is 16.5. The summed E-state index contributed by atoms with van der Waals surface area (Å²) in [6, 6.07) is 3.80. The van der Waals surface area contributed by atoms with E-state index < -0.39 is 0 Å². The first-order chi connectivity index (χ1) is 10.8. The van der Waals surface area contributed by atoms with Crippen molar-refractivity contribution in [2.24, 2.45) is 0 Å². The molecule has 2 atom stereocenters. The van der Waals surface area contributed by atoms with Crippen molar-refractivity contribution >= 4 is 5.91 Å². The van der Waals surface area contributed by atoms with E-state index in [2.05, 4.69) is 15.0 Å². The van der Waals surface area contributed by atoms with Crippen LogP contribution in [0.5, 0.6) is 5.88 Å². The number of carbonyl (C=O) groups excluding carboxylic acids is 1. The standard InChI is InChI=1S/C16H16N4O2/c1-22-15-5-2-10(7-18-15)16(21)20-11-3-4-14(20)12-8-17-9-19-13(12)6-11/h2,5,7-9,11,14H,3-4,6H2,1H3/t11-,14-/m0/s1. The second kappa shape index (κ2) is 5.05. The van der Waals surface area contributed by atoms with Crippen molar-refractivity contribution in [2.45, 2.75) is 31.3 Å². The lowest BCUT2D eigenvalue weighted by Crippen LogP contribution is -2.42. The molecule has 2 aliphatic rings. The molecule has 1 amide bonds. The van der Waals surface area contributed by atoms with E-state index in [9.17, 15) is 4.79 Å². The van der Waals surface area contributed by atoms with Crippen molar-refractivity contribution in [1.82, 2.24) is 19.9 Å². The van der Waals surface area contributed by atoms with Crippen LogP contribution < -0.4 is 4.74 Å². The van der Waals surface area contributed by atoms with Gasteiger partial charge in [0, 0.05) is 36.5 Å². The average molecular weight is 296 g/mol. The van der Waals surface area contributed by atoms with Crippen LogP contribution in [0.4, 0.5) is 0 Å². The van der Waals surface area contributed by atoms with E-state index in [1.165, 1.54) is 0 Å².